The fourth-order valence-corrected chi connectivity index (χ4v) is 4.26. The number of carbonyl (C=O) groups is 3. The largest absolute Gasteiger partial charge is 0.492 e. The SMILES string of the molecule is CC(C)COc1c(Br)cc(Br)cc1/C=C1\C(=O)NC(=O)N(c2cccc([N+](=O)[O-])c2)C1=O. The van der Waals surface area contributed by atoms with Crippen LogP contribution in [0, 0.1) is 16.0 Å². The summed E-state index contributed by atoms with van der Waals surface area (Å²) in [6.07, 6.45) is 1.32. The Morgan fingerprint density at radius 3 is 2.56 bits per heavy atom. The second kappa shape index (κ2) is 9.61. The average molecular weight is 567 g/mol. The molecule has 0 bridgehead atoms. The van der Waals surface area contributed by atoms with Gasteiger partial charge in [0.15, 0.2) is 0 Å². The van der Waals surface area contributed by atoms with E-state index in [-0.39, 0.29) is 22.9 Å². The van der Waals surface area contributed by atoms with Crippen LogP contribution in [0.15, 0.2) is 50.9 Å². The van der Waals surface area contributed by atoms with Gasteiger partial charge in [0.1, 0.15) is 11.3 Å². The van der Waals surface area contributed by atoms with Crippen LogP contribution >= 0.6 is 31.9 Å². The zero-order chi connectivity index (χ0) is 23.6. The third-order valence-corrected chi connectivity index (χ3v) is 5.35. The molecule has 0 saturated carbocycles. The number of nitrogens with zero attached hydrogens (tertiary/aromatic N) is 2. The monoisotopic (exact) mass is 565 g/mol. The summed E-state index contributed by atoms with van der Waals surface area (Å²) in [5.74, 6) is -1.14. The normalized spacial score (nSPS) is 15.3. The molecular formula is C21H17Br2N3O6. The Morgan fingerprint density at radius 1 is 1.19 bits per heavy atom. The van der Waals surface area contributed by atoms with E-state index in [9.17, 15) is 24.5 Å². The number of hydrogen-bond acceptors (Lipinski definition) is 6. The van der Waals surface area contributed by atoms with Crippen LogP contribution in [0.2, 0.25) is 0 Å². The number of nitrogens with one attached hydrogen (secondary N) is 1. The van der Waals surface area contributed by atoms with Gasteiger partial charge in [-0.1, -0.05) is 35.8 Å². The highest BCUT2D eigenvalue weighted by Gasteiger charge is 2.37. The van der Waals surface area contributed by atoms with Crippen LogP contribution in [0.25, 0.3) is 6.08 Å². The van der Waals surface area contributed by atoms with Crippen molar-refractivity contribution in [3.8, 4) is 5.75 Å². The van der Waals surface area contributed by atoms with Gasteiger partial charge in [0.05, 0.1) is 21.7 Å². The van der Waals surface area contributed by atoms with Gasteiger partial charge in [-0.3, -0.25) is 25.0 Å². The van der Waals surface area contributed by atoms with Crippen molar-refractivity contribution < 1.29 is 24.0 Å². The number of rotatable bonds is 6. The number of amides is 4. The summed E-state index contributed by atoms with van der Waals surface area (Å²) < 4.78 is 7.14. The second-order valence-corrected chi connectivity index (χ2v) is 9.02. The van der Waals surface area contributed by atoms with Crippen molar-refractivity contribution in [3.05, 3.63) is 66.6 Å². The van der Waals surface area contributed by atoms with E-state index in [4.69, 9.17) is 4.74 Å². The van der Waals surface area contributed by atoms with Gasteiger partial charge in [-0.15, -0.1) is 0 Å². The summed E-state index contributed by atoms with van der Waals surface area (Å²) in [6, 6.07) is 7.46. The number of nitro groups is 1. The molecule has 2 aromatic rings. The highest BCUT2D eigenvalue weighted by molar-refractivity contribution is 9.11. The van der Waals surface area contributed by atoms with Gasteiger partial charge < -0.3 is 4.74 Å². The van der Waals surface area contributed by atoms with Crippen molar-refractivity contribution >= 4 is 67.2 Å². The summed E-state index contributed by atoms with van der Waals surface area (Å²) in [5.41, 5.74) is -0.230. The molecule has 1 N–H and O–H groups in total. The zero-order valence-electron chi connectivity index (χ0n) is 16.9. The number of imide groups is 2. The molecule has 1 aliphatic heterocycles. The molecule has 0 unspecified atom stereocenters. The molecule has 1 saturated heterocycles. The lowest BCUT2D eigenvalue weighted by Gasteiger charge is -2.26. The number of nitro benzene ring substituents is 1. The molecule has 0 spiro atoms. The fourth-order valence-electron chi connectivity index (χ4n) is 2.88. The number of barbiturate groups is 1. The molecule has 1 aliphatic rings. The van der Waals surface area contributed by atoms with Crippen molar-refractivity contribution in [2.24, 2.45) is 5.92 Å². The first-order valence-electron chi connectivity index (χ1n) is 9.36. The second-order valence-electron chi connectivity index (χ2n) is 7.25. The molecule has 1 heterocycles. The highest BCUT2D eigenvalue weighted by Crippen LogP contribution is 2.35. The van der Waals surface area contributed by atoms with Gasteiger partial charge in [-0.2, -0.15) is 0 Å². The van der Waals surface area contributed by atoms with Gasteiger partial charge in [0.2, 0.25) is 0 Å². The van der Waals surface area contributed by atoms with Gasteiger partial charge in [-0.05, 0) is 46.1 Å². The zero-order valence-corrected chi connectivity index (χ0v) is 20.1. The van der Waals surface area contributed by atoms with Crippen LogP contribution in [0.5, 0.6) is 5.75 Å². The van der Waals surface area contributed by atoms with Crippen molar-refractivity contribution in [2.45, 2.75) is 13.8 Å². The Morgan fingerprint density at radius 2 is 1.91 bits per heavy atom. The summed E-state index contributed by atoms with van der Waals surface area (Å²) in [7, 11) is 0. The first-order valence-corrected chi connectivity index (χ1v) is 10.9. The van der Waals surface area contributed by atoms with Crippen LogP contribution in [0.4, 0.5) is 16.2 Å². The topological polar surface area (TPSA) is 119 Å². The van der Waals surface area contributed by atoms with E-state index in [0.29, 0.717) is 31.8 Å². The van der Waals surface area contributed by atoms with E-state index in [1.807, 2.05) is 13.8 Å². The van der Waals surface area contributed by atoms with E-state index in [1.54, 1.807) is 12.1 Å². The van der Waals surface area contributed by atoms with Crippen LogP contribution in [0.1, 0.15) is 19.4 Å². The Bertz CT molecular complexity index is 1160. The number of carbonyl (C=O) groups excluding carboxylic acids is 3. The molecule has 1 fully saturated rings. The Labute approximate surface area is 199 Å². The summed E-state index contributed by atoms with van der Waals surface area (Å²) in [5, 5.41) is 13.2. The number of hydrogen-bond donors (Lipinski definition) is 1. The number of urea groups is 1. The van der Waals surface area contributed by atoms with Crippen molar-refractivity contribution in [1.29, 1.82) is 0 Å². The van der Waals surface area contributed by atoms with Gasteiger partial charge in [0, 0.05) is 22.2 Å². The lowest BCUT2D eigenvalue weighted by Crippen LogP contribution is -2.54. The fraction of sp³-hybridized carbons (Fsp3) is 0.190. The van der Waals surface area contributed by atoms with E-state index in [2.05, 4.69) is 37.2 Å². The van der Waals surface area contributed by atoms with Crippen LogP contribution < -0.4 is 15.0 Å². The first kappa shape index (κ1) is 23.6. The van der Waals surface area contributed by atoms with Crippen LogP contribution in [-0.2, 0) is 9.59 Å². The number of benzene rings is 2. The lowest BCUT2D eigenvalue weighted by molar-refractivity contribution is -0.384. The third-order valence-electron chi connectivity index (χ3n) is 4.30. The molecule has 2 aromatic carbocycles. The molecule has 11 heteroatoms. The quantitative estimate of drug-likeness (QED) is 0.232. The van der Waals surface area contributed by atoms with Gasteiger partial charge in [-0.25, -0.2) is 9.69 Å². The number of non-ortho nitro benzene ring substituents is 1. The molecule has 4 amide bonds. The van der Waals surface area contributed by atoms with Gasteiger partial charge >= 0.3 is 6.03 Å². The van der Waals surface area contributed by atoms with Crippen LogP contribution in [0.3, 0.4) is 0 Å². The van der Waals surface area contributed by atoms with E-state index < -0.39 is 22.8 Å². The van der Waals surface area contributed by atoms with E-state index in [1.165, 1.54) is 24.3 Å². The van der Waals surface area contributed by atoms with Crippen molar-refractivity contribution in [2.75, 3.05) is 11.5 Å². The predicted octanol–water partition coefficient (Wildman–Crippen LogP) is 4.82. The van der Waals surface area contributed by atoms with Crippen molar-refractivity contribution in [3.63, 3.8) is 0 Å². The molecule has 0 aromatic heterocycles. The third kappa shape index (κ3) is 5.05. The number of anilines is 1. The maximum Gasteiger partial charge on any atom is 0.335 e. The molecule has 9 nitrogen and oxygen atoms in total. The van der Waals surface area contributed by atoms with E-state index >= 15 is 0 Å². The minimum absolute atomic E-state index is 0.0354. The lowest BCUT2D eigenvalue weighted by atomic mass is 10.1. The van der Waals surface area contributed by atoms with E-state index in [0.717, 1.165) is 6.07 Å². The number of halogens is 2. The first-order chi connectivity index (χ1) is 15.1. The molecule has 0 aliphatic carbocycles. The molecule has 3 rings (SSSR count). The Hall–Kier alpha value is -3.05. The molecule has 32 heavy (non-hydrogen) atoms. The highest BCUT2D eigenvalue weighted by atomic mass is 79.9. The number of ether oxygens (including phenoxy) is 1. The standard InChI is InChI=1S/C21H17Br2N3O6/c1-11(2)10-32-18-12(6-13(22)8-17(18)23)7-16-19(27)24-21(29)25(20(16)28)14-4-3-5-15(9-14)26(30)31/h3-9,11H,10H2,1-2H3,(H,24,27,29)/b16-7+. The van der Waals surface area contributed by atoms with Crippen LogP contribution in [-0.4, -0.2) is 29.4 Å². The molecule has 166 valence electrons. The maximum atomic E-state index is 13.1. The predicted molar refractivity (Wildman–Crippen MR) is 124 cm³/mol. The Balaban J connectivity index is 2.07. The molecule has 0 radical (unpaired) electrons. The summed E-state index contributed by atoms with van der Waals surface area (Å²) in [4.78, 5) is 49.1. The molecule has 0 atom stereocenters. The smallest absolute Gasteiger partial charge is 0.335 e. The minimum Gasteiger partial charge on any atom is -0.492 e. The van der Waals surface area contributed by atoms with Crippen molar-refractivity contribution in [1.82, 2.24) is 5.32 Å². The molecular weight excluding hydrogens is 550 g/mol. The van der Waals surface area contributed by atoms with Gasteiger partial charge in [0.25, 0.3) is 17.5 Å². The summed E-state index contributed by atoms with van der Waals surface area (Å²) >= 11 is 6.80. The minimum atomic E-state index is -0.996. The Kier molecular flexibility index (Phi) is 7.09. The summed E-state index contributed by atoms with van der Waals surface area (Å²) in [6.45, 7) is 4.35. The average Bonchev–Trinajstić information content (AvgIpc) is 2.70. The maximum absolute atomic E-state index is 13.1.